The van der Waals surface area contributed by atoms with Gasteiger partial charge in [-0.3, -0.25) is 4.99 Å². The molecule has 0 spiro atoms. The van der Waals surface area contributed by atoms with Gasteiger partial charge in [0.2, 0.25) is 0 Å². The summed E-state index contributed by atoms with van der Waals surface area (Å²) in [5.74, 6) is 0.854. The van der Waals surface area contributed by atoms with Crippen LogP contribution in [-0.4, -0.2) is 62.9 Å². The Kier molecular flexibility index (Phi) is 10.2. The topological polar surface area (TPSA) is 75.2 Å². The number of nitrogens with zero attached hydrogens (tertiary/aromatic N) is 2. The second-order valence-electron chi connectivity index (χ2n) is 6.21. The third-order valence-electron chi connectivity index (χ3n) is 4.18. The van der Waals surface area contributed by atoms with Gasteiger partial charge in [-0.1, -0.05) is 6.07 Å². The molecule has 152 valence electrons. The third kappa shape index (κ3) is 7.77. The highest BCUT2D eigenvalue weighted by Crippen LogP contribution is 2.14. The minimum Gasteiger partial charge on any atom is -0.489 e. The minimum atomic E-state index is -0.321. The maximum Gasteiger partial charge on any atom is 0.409 e. The van der Waals surface area contributed by atoms with Gasteiger partial charge in [-0.2, -0.15) is 0 Å². The normalized spacial score (nSPS) is 16.1. The molecule has 0 aromatic heterocycles. The average molecular weight is 494 g/mol. The molecule has 1 heterocycles. The molecule has 2 rings (SSSR count). The van der Waals surface area contributed by atoms with E-state index in [1.165, 1.54) is 19.2 Å². The van der Waals surface area contributed by atoms with E-state index in [2.05, 4.69) is 15.6 Å². The predicted molar refractivity (Wildman–Crippen MR) is 113 cm³/mol. The van der Waals surface area contributed by atoms with E-state index in [1.54, 1.807) is 24.1 Å². The monoisotopic (exact) mass is 494 g/mol. The predicted octanol–water partition coefficient (Wildman–Crippen LogP) is 2.61. The summed E-state index contributed by atoms with van der Waals surface area (Å²) >= 11 is 0. The Balaban J connectivity index is 0.00000364. The van der Waals surface area contributed by atoms with Gasteiger partial charge in [-0.15, -0.1) is 24.0 Å². The molecule has 0 bridgehead atoms. The van der Waals surface area contributed by atoms with E-state index in [-0.39, 0.29) is 48.0 Å². The molecule has 1 aromatic carbocycles. The molecule has 2 N–H and O–H groups in total. The quantitative estimate of drug-likeness (QED) is 0.374. The van der Waals surface area contributed by atoms with Crippen molar-refractivity contribution in [3.05, 3.63) is 30.1 Å². The zero-order chi connectivity index (χ0) is 18.9. The van der Waals surface area contributed by atoms with Crippen molar-refractivity contribution in [2.75, 3.05) is 33.8 Å². The molecule has 27 heavy (non-hydrogen) atoms. The number of nitrogens with one attached hydrogen (secondary N) is 2. The smallest absolute Gasteiger partial charge is 0.409 e. The van der Waals surface area contributed by atoms with E-state index in [1.807, 2.05) is 6.92 Å². The van der Waals surface area contributed by atoms with Gasteiger partial charge in [0.1, 0.15) is 17.7 Å². The standard InChI is InChI=1S/C18H27FN4O3.HI/c1-13(26-16-6-4-5-14(19)11-16)12-21-17(20-2)22-15-7-9-23(10-8-15)18(24)25-3;/h4-6,11,13,15H,7-10,12H2,1-3H3,(H2,20,21,22);1H. The summed E-state index contributed by atoms with van der Waals surface area (Å²) in [6.45, 7) is 3.73. The molecule has 1 unspecified atom stereocenters. The van der Waals surface area contributed by atoms with Crippen LogP contribution in [0.3, 0.4) is 0 Å². The Morgan fingerprint density at radius 3 is 2.70 bits per heavy atom. The maximum absolute atomic E-state index is 13.2. The first-order valence-electron chi connectivity index (χ1n) is 8.74. The second kappa shape index (κ2) is 11.8. The van der Waals surface area contributed by atoms with Crippen LogP contribution >= 0.6 is 24.0 Å². The van der Waals surface area contributed by atoms with Gasteiger partial charge in [0.25, 0.3) is 0 Å². The van der Waals surface area contributed by atoms with Crippen LogP contribution in [0.5, 0.6) is 5.75 Å². The van der Waals surface area contributed by atoms with Gasteiger partial charge in [-0.05, 0) is 31.9 Å². The fourth-order valence-electron chi connectivity index (χ4n) is 2.78. The van der Waals surface area contributed by atoms with Crippen molar-refractivity contribution in [3.63, 3.8) is 0 Å². The summed E-state index contributed by atoms with van der Waals surface area (Å²) in [5, 5.41) is 6.57. The molecule has 9 heteroatoms. The Morgan fingerprint density at radius 1 is 1.41 bits per heavy atom. The molecule has 1 aromatic rings. The van der Waals surface area contributed by atoms with Crippen LogP contribution in [0.15, 0.2) is 29.3 Å². The van der Waals surface area contributed by atoms with E-state index in [9.17, 15) is 9.18 Å². The lowest BCUT2D eigenvalue weighted by molar-refractivity contribution is 0.111. The highest BCUT2D eigenvalue weighted by Gasteiger charge is 2.23. The molecule has 0 radical (unpaired) electrons. The van der Waals surface area contributed by atoms with Crippen molar-refractivity contribution in [1.82, 2.24) is 15.5 Å². The summed E-state index contributed by atoms with van der Waals surface area (Å²) < 4.78 is 23.6. The zero-order valence-corrected chi connectivity index (χ0v) is 18.2. The molecule has 1 aliphatic rings. The minimum absolute atomic E-state index is 0. The Hall–Kier alpha value is -1.78. The number of amides is 1. The third-order valence-corrected chi connectivity index (χ3v) is 4.18. The number of hydrogen-bond donors (Lipinski definition) is 2. The average Bonchev–Trinajstić information content (AvgIpc) is 2.65. The van der Waals surface area contributed by atoms with Crippen molar-refractivity contribution >= 4 is 36.0 Å². The Labute approximate surface area is 176 Å². The van der Waals surface area contributed by atoms with Crippen LogP contribution in [0.25, 0.3) is 0 Å². The summed E-state index contributed by atoms with van der Waals surface area (Å²) in [5.41, 5.74) is 0. The molecule has 1 fully saturated rings. The van der Waals surface area contributed by atoms with Gasteiger partial charge in [0.05, 0.1) is 13.7 Å². The lowest BCUT2D eigenvalue weighted by Gasteiger charge is -2.32. The van der Waals surface area contributed by atoms with Crippen LogP contribution in [0.2, 0.25) is 0 Å². The van der Waals surface area contributed by atoms with E-state index in [4.69, 9.17) is 9.47 Å². The van der Waals surface area contributed by atoms with Crippen molar-refractivity contribution in [1.29, 1.82) is 0 Å². The fourth-order valence-corrected chi connectivity index (χ4v) is 2.78. The number of carbonyl (C=O) groups is 1. The molecule has 7 nitrogen and oxygen atoms in total. The van der Waals surface area contributed by atoms with Crippen LogP contribution in [0.1, 0.15) is 19.8 Å². The molecule has 0 saturated carbocycles. The van der Waals surface area contributed by atoms with E-state index < -0.39 is 0 Å². The van der Waals surface area contributed by atoms with Gasteiger partial charge in [-0.25, -0.2) is 9.18 Å². The number of rotatable bonds is 5. The van der Waals surface area contributed by atoms with Crippen molar-refractivity contribution in [2.24, 2.45) is 4.99 Å². The van der Waals surface area contributed by atoms with Crippen LogP contribution in [-0.2, 0) is 4.74 Å². The van der Waals surface area contributed by atoms with Gasteiger partial charge in [0, 0.05) is 32.2 Å². The zero-order valence-electron chi connectivity index (χ0n) is 15.9. The Bertz CT molecular complexity index is 624. The molecule has 0 aliphatic carbocycles. The number of methoxy groups -OCH3 is 1. The van der Waals surface area contributed by atoms with E-state index in [0.29, 0.717) is 31.3 Å². The summed E-state index contributed by atoms with van der Waals surface area (Å²) in [7, 11) is 3.10. The second-order valence-corrected chi connectivity index (χ2v) is 6.21. The highest BCUT2D eigenvalue weighted by atomic mass is 127. The van der Waals surface area contributed by atoms with E-state index >= 15 is 0 Å². The molecule has 1 amide bonds. The molecule has 1 aliphatic heterocycles. The number of aliphatic imine (C=N–C) groups is 1. The molecular weight excluding hydrogens is 466 g/mol. The lowest BCUT2D eigenvalue weighted by Crippen LogP contribution is -2.50. The molecular formula is C18H28FIN4O3. The highest BCUT2D eigenvalue weighted by molar-refractivity contribution is 14.0. The van der Waals surface area contributed by atoms with Crippen molar-refractivity contribution < 1.29 is 18.7 Å². The molecule has 1 atom stereocenters. The van der Waals surface area contributed by atoms with Crippen molar-refractivity contribution in [2.45, 2.75) is 31.9 Å². The number of ether oxygens (including phenoxy) is 2. The summed E-state index contributed by atoms with van der Waals surface area (Å²) in [4.78, 5) is 17.4. The van der Waals surface area contributed by atoms with Gasteiger partial charge < -0.3 is 25.0 Å². The first kappa shape index (κ1) is 23.3. The largest absolute Gasteiger partial charge is 0.489 e. The SMILES string of the molecule is CN=C(NCC(C)Oc1cccc(F)c1)NC1CCN(C(=O)OC)CC1.I. The number of hydrogen-bond acceptors (Lipinski definition) is 4. The van der Waals surface area contributed by atoms with Crippen LogP contribution in [0.4, 0.5) is 9.18 Å². The van der Waals surface area contributed by atoms with Gasteiger partial charge >= 0.3 is 6.09 Å². The number of guanidine groups is 1. The number of likely N-dealkylation sites (tertiary alicyclic amines) is 1. The fraction of sp³-hybridized carbons (Fsp3) is 0.556. The lowest BCUT2D eigenvalue weighted by atomic mass is 10.1. The van der Waals surface area contributed by atoms with E-state index in [0.717, 1.165) is 12.8 Å². The first-order valence-corrected chi connectivity index (χ1v) is 8.74. The summed E-state index contributed by atoms with van der Waals surface area (Å²) in [6.07, 6.45) is 1.21. The maximum atomic E-state index is 13.2. The number of halogens is 2. The van der Waals surface area contributed by atoms with Gasteiger partial charge in [0.15, 0.2) is 5.96 Å². The first-order chi connectivity index (χ1) is 12.5. The van der Waals surface area contributed by atoms with Crippen molar-refractivity contribution in [3.8, 4) is 5.75 Å². The van der Waals surface area contributed by atoms with Crippen LogP contribution < -0.4 is 15.4 Å². The number of piperidine rings is 1. The number of benzene rings is 1. The number of carbonyl (C=O) groups excluding carboxylic acids is 1. The van der Waals surface area contributed by atoms with Crippen LogP contribution in [0, 0.1) is 5.82 Å². The Morgan fingerprint density at radius 2 is 2.11 bits per heavy atom. The summed E-state index contributed by atoms with van der Waals surface area (Å²) in [6, 6.07) is 6.32. The molecule has 1 saturated heterocycles.